The Bertz CT molecular complexity index is 550. The molecular formula is C16H25ClN2O3. The molecule has 2 rings (SSSR count). The maximum Gasteiger partial charge on any atom is 0.254 e. The second-order valence-corrected chi connectivity index (χ2v) is 6.01. The number of likely N-dealkylation sites (tertiary alicyclic amines) is 1. The number of ether oxygens (including phenoxy) is 2. The summed E-state index contributed by atoms with van der Waals surface area (Å²) < 4.78 is 10.6. The standard InChI is InChI=1S/C16H24N2O3.ClH/c1-11-7-13(20-3)14(21-4)8-12(11)15(19)18-6-5-16(2,9-17)10-18;/h7-8H,5-6,9-10,17H2,1-4H3;1H. The number of halogens is 1. The predicted molar refractivity (Wildman–Crippen MR) is 89.2 cm³/mol. The molecule has 6 heteroatoms. The average Bonchev–Trinajstić information content (AvgIpc) is 2.89. The summed E-state index contributed by atoms with van der Waals surface area (Å²) in [6, 6.07) is 3.60. The summed E-state index contributed by atoms with van der Waals surface area (Å²) in [5, 5.41) is 0. The molecule has 22 heavy (non-hydrogen) atoms. The monoisotopic (exact) mass is 328 g/mol. The molecule has 1 aromatic rings. The highest BCUT2D eigenvalue weighted by atomic mass is 35.5. The van der Waals surface area contributed by atoms with Crippen LogP contribution in [-0.4, -0.2) is 44.7 Å². The molecule has 1 amide bonds. The molecule has 0 aromatic heterocycles. The van der Waals surface area contributed by atoms with Crippen LogP contribution in [0.1, 0.15) is 29.3 Å². The Morgan fingerprint density at radius 1 is 1.32 bits per heavy atom. The first-order valence-electron chi connectivity index (χ1n) is 7.16. The van der Waals surface area contributed by atoms with Gasteiger partial charge in [-0.3, -0.25) is 4.79 Å². The number of benzene rings is 1. The number of nitrogens with zero attached hydrogens (tertiary/aromatic N) is 1. The predicted octanol–water partition coefficient (Wildman–Crippen LogP) is 2.24. The quantitative estimate of drug-likeness (QED) is 0.920. The van der Waals surface area contributed by atoms with E-state index < -0.39 is 0 Å². The molecule has 0 bridgehead atoms. The van der Waals surface area contributed by atoms with Crippen molar-refractivity contribution in [1.29, 1.82) is 0 Å². The minimum Gasteiger partial charge on any atom is -0.493 e. The van der Waals surface area contributed by atoms with Crippen molar-refractivity contribution in [1.82, 2.24) is 4.90 Å². The lowest BCUT2D eigenvalue weighted by molar-refractivity contribution is 0.0775. The molecule has 1 unspecified atom stereocenters. The van der Waals surface area contributed by atoms with Gasteiger partial charge in [0.1, 0.15) is 0 Å². The fourth-order valence-corrected chi connectivity index (χ4v) is 2.75. The number of hydrogen-bond acceptors (Lipinski definition) is 4. The molecule has 2 N–H and O–H groups in total. The summed E-state index contributed by atoms with van der Waals surface area (Å²) in [7, 11) is 3.16. The molecule has 124 valence electrons. The lowest BCUT2D eigenvalue weighted by Crippen LogP contribution is -2.34. The second kappa shape index (κ2) is 7.20. The summed E-state index contributed by atoms with van der Waals surface area (Å²) in [5.74, 6) is 1.25. The van der Waals surface area contributed by atoms with Crippen LogP contribution >= 0.6 is 12.4 Å². The fraction of sp³-hybridized carbons (Fsp3) is 0.562. The Balaban J connectivity index is 0.00000242. The number of rotatable bonds is 4. The van der Waals surface area contributed by atoms with Gasteiger partial charge in [-0.25, -0.2) is 0 Å². The van der Waals surface area contributed by atoms with Crippen LogP contribution in [-0.2, 0) is 0 Å². The fourth-order valence-electron chi connectivity index (χ4n) is 2.75. The van der Waals surface area contributed by atoms with E-state index >= 15 is 0 Å². The number of methoxy groups -OCH3 is 2. The minimum atomic E-state index is 0. The Kier molecular flexibility index (Phi) is 6.08. The molecule has 0 saturated carbocycles. The van der Waals surface area contributed by atoms with Crippen LogP contribution in [0.4, 0.5) is 0 Å². The molecular weight excluding hydrogens is 304 g/mol. The van der Waals surface area contributed by atoms with E-state index in [4.69, 9.17) is 15.2 Å². The summed E-state index contributed by atoms with van der Waals surface area (Å²) in [5.41, 5.74) is 7.38. The molecule has 5 nitrogen and oxygen atoms in total. The van der Waals surface area contributed by atoms with E-state index in [0.717, 1.165) is 18.5 Å². The average molecular weight is 329 g/mol. The van der Waals surface area contributed by atoms with E-state index in [2.05, 4.69) is 6.92 Å². The number of carbonyl (C=O) groups excluding carboxylic acids is 1. The van der Waals surface area contributed by atoms with Crippen molar-refractivity contribution < 1.29 is 14.3 Å². The van der Waals surface area contributed by atoms with Crippen LogP contribution in [0.3, 0.4) is 0 Å². The zero-order valence-electron chi connectivity index (χ0n) is 13.6. The summed E-state index contributed by atoms with van der Waals surface area (Å²) in [6.45, 7) is 6.09. The number of aryl methyl sites for hydroxylation is 1. The van der Waals surface area contributed by atoms with Gasteiger partial charge >= 0.3 is 0 Å². The van der Waals surface area contributed by atoms with Crippen LogP contribution in [0.25, 0.3) is 0 Å². The van der Waals surface area contributed by atoms with E-state index in [9.17, 15) is 4.79 Å². The molecule has 0 radical (unpaired) electrons. The maximum atomic E-state index is 12.7. The van der Waals surface area contributed by atoms with E-state index in [1.807, 2.05) is 17.9 Å². The van der Waals surface area contributed by atoms with Gasteiger partial charge in [-0.2, -0.15) is 0 Å². The number of hydrogen-bond donors (Lipinski definition) is 1. The van der Waals surface area contributed by atoms with Gasteiger partial charge in [0.05, 0.1) is 14.2 Å². The molecule has 0 spiro atoms. The lowest BCUT2D eigenvalue weighted by Gasteiger charge is -2.23. The second-order valence-electron chi connectivity index (χ2n) is 6.01. The van der Waals surface area contributed by atoms with Crippen LogP contribution < -0.4 is 15.2 Å². The van der Waals surface area contributed by atoms with Gasteiger partial charge < -0.3 is 20.1 Å². The Morgan fingerprint density at radius 2 is 1.91 bits per heavy atom. The molecule has 1 atom stereocenters. The minimum absolute atomic E-state index is 0. The van der Waals surface area contributed by atoms with Crippen molar-refractivity contribution >= 4 is 18.3 Å². The van der Waals surface area contributed by atoms with Crippen molar-refractivity contribution in [3.8, 4) is 11.5 Å². The molecule has 1 aliphatic heterocycles. The van der Waals surface area contributed by atoms with Gasteiger partial charge in [0.2, 0.25) is 0 Å². The van der Waals surface area contributed by atoms with Gasteiger partial charge in [0.15, 0.2) is 11.5 Å². The van der Waals surface area contributed by atoms with Gasteiger partial charge in [0, 0.05) is 18.7 Å². The third kappa shape index (κ3) is 3.47. The molecule has 1 fully saturated rings. The number of carbonyl (C=O) groups is 1. The smallest absolute Gasteiger partial charge is 0.254 e. The third-order valence-corrected chi connectivity index (χ3v) is 4.30. The zero-order valence-corrected chi connectivity index (χ0v) is 14.5. The number of nitrogens with two attached hydrogens (primary N) is 1. The van der Waals surface area contributed by atoms with Crippen molar-refractivity contribution in [3.63, 3.8) is 0 Å². The Hall–Kier alpha value is -1.46. The van der Waals surface area contributed by atoms with E-state index in [1.165, 1.54) is 0 Å². The molecule has 1 saturated heterocycles. The summed E-state index contributed by atoms with van der Waals surface area (Å²) >= 11 is 0. The Labute approximate surface area is 138 Å². The highest BCUT2D eigenvalue weighted by molar-refractivity contribution is 5.96. The first kappa shape index (κ1) is 18.6. The molecule has 1 heterocycles. The van der Waals surface area contributed by atoms with Crippen LogP contribution in [0.5, 0.6) is 11.5 Å². The number of amides is 1. The molecule has 0 aliphatic carbocycles. The van der Waals surface area contributed by atoms with E-state index in [0.29, 0.717) is 30.2 Å². The normalized spacial score (nSPS) is 20.5. The van der Waals surface area contributed by atoms with Crippen molar-refractivity contribution in [2.75, 3.05) is 33.9 Å². The third-order valence-electron chi connectivity index (χ3n) is 4.30. The maximum absolute atomic E-state index is 12.7. The largest absolute Gasteiger partial charge is 0.493 e. The zero-order chi connectivity index (χ0) is 15.6. The van der Waals surface area contributed by atoms with Crippen molar-refractivity contribution in [3.05, 3.63) is 23.3 Å². The van der Waals surface area contributed by atoms with Gasteiger partial charge in [-0.15, -0.1) is 12.4 Å². The van der Waals surface area contributed by atoms with E-state index in [-0.39, 0.29) is 23.7 Å². The van der Waals surface area contributed by atoms with Crippen LogP contribution in [0.2, 0.25) is 0 Å². The van der Waals surface area contributed by atoms with Crippen molar-refractivity contribution in [2.24, 2.45) is 11.1 Å². The first-order chi connectivity index (χ1) is 9.94. The molecule has 1 aliphatic rings. The Morgan fingerprint density at radius 3 is 2.41 bits per heavy atom. The van der Waals surface area contributed by atoms with Gasteiger partial charge in [-0.1, -0.05) is 6.92 Å². The van der Waals surface area contributed by atoms with E-state index in [1.54, 1.807) is 20.3 Å². The summed E-state index contributed by atoms with van der Waals surface area (Å²) in [6.07, 6.45) is 0.946. The lowest BCUT2D eigenvalue weighted by atomic mass is 9.90. The van der Waals surface area contributed by atoms with Crippen LogP contribution in [0.15, 0.2) is 12.1 Å². The van der Waals surface area contributed by atoms with Crippen molar-refractivity contribution in [2.45, 2.75) is 20.3 Å². The topological polar surface area (TPSA) is 64.8 Å². The highest BCUT2D eigenvalue weighted by Crippen LogP contribution is 2.33. The molecule has 1 aromatic carbocycles. The SMILES string of the molecule is COc1cc(C)c(C(=O)N2CCC(C)(CN)C2)cc1OC.Cl. The van der Waals surface area contributed by atoms with Gasteiger partial charge in [-0.05, 0) is 43.0 Å². The van der Waals surface area contributed by atoms with Gasteiger partial charge in [0.25, 0.3) is 5.91 Å². The highest BCUT2D eigenvalue weighted by Gasteiger charge is 2.35. The summed E-state index contributed by atoms with van der Waals surface area (Å²) in [4.78, 5) is 14.6. The first-order valence-corrected chi connectivity index (χ1v) is 7.16. The van der Waals surface area contributed by atoms with Crippen LogP contribution in [0, 0.1) is 12.3 Å².